The molecule has 10 nitrogen and oxygen atoms in total. The van der Waals surface area contributed by atoms with Crippen molar-refractivity contribution in [1.82, 2.24) is 19.9 Å². The fourth-order valence-corrected chi connectivity index (χ4v) is 7.91. The maximum atomic E-state index is 14.0. The van der Waals surface area contributed by atoms with E-state index in [9.17, 15) is 4.79 Å². The Morgan fingerprint density at radius 1 is 1.17 bits per heavy atom. The first kappa shape index (κ1) is 35.8. The number of nitrogens with one attached hydrogen (secondary N) is 1. The number of carbonyl (C=O) groups is 1. The summed E-state index contributed by atoms with van der Waals surface area (Å²) in [5.74, 6) is 1.38. The van der Waals surface area contributed by atoms with Crippen LogP contribution in [0, 0.1) is 0 Å². The van der Waals surface area contributed by atoms with Crippen molar-refractivity contribution in [2.24, 2.45) is 5.73 Å². The van der Waals surface area contributed by atoms with Crippen LogP contribution in [0.5, 0.6) is 5.75 Å². The number of benzene rings is 1. The first-order valence-corrected chi connectivity index (χ1v) is 23.8. The van der Waals surface area contributed by atoms with Crippen molar-refractivity contribution in [3.63, 3.8) is 0 Å². The Morgan fingerprint density at radius 2 is 1.89 bits per heavy atom. The van der Waals surface area contributed by atoms with Crippen molar-refractivity contribution < 1.29 is 18.7 Å². The number of piperidine rings is 1. The van der Waals surface area contributed by atoms with Gasteiger partial charge in [-0.25, -0.2) is 9.97 Å². The van der Waals surface area contributed by atoms with Gasteiger partial charge in [-0.1, -0.05) is 64.1 Å². The van der Waals surface area contributed by atoms with E-state index >= 15 is 0 Å². The van der Waals surface area contributed by atoms with Gasteiger partial charge < -0.3 is 34.4 Å². The Kier molecular flexibility index (Phi) is 10.5. The van der Waals surface area contributed by atoms with Crippen LogP contribution in [0.25, 0.3) is 11.0 Å². The van der Waals surface area contributed by atoms with Crippen molar-refractivity contribution in [3.8, 4) is 5.75 Å². The van der Waals surface area contributed by atoms with Crippen LogP contribution in [0.1, 0.15) is 51.6 Å². The van der Waals surface area contributed by atoms with Crippen LogP contribution in [0.4, 0.5) is 5.82 Å². The fourth-order valence-electron chi connectivity index (χ4n) is 5.96. The number of ether oxygens (including phenoxy) is 2. The molecule has 13 heteroatoms. The van der Waals surface area contributed by atoms with E-state index in [0.29, 0.717) is 50.8 Å². The van der Waals surface area contributed by atoms with Gasteiger partial charge in [0.25, 0.3) is 0 Å². The van der Waals surface area contributed by atoms with Gasteiger partial charge in [0.15, 0.2) is 14.0 Å². The molecule has 0 aliphatic carbocycles. The van der Waals surface area contributed by atoms with Crippen molar-refractivity contribution >= 4 is 50.8 Å². The molecule has 3 aromatic rings. The lowest BCUT2D eigenvalue weighted by atomic mass is 9.82. The van der Waals surface area contributed by atoms with E-state index in [0.717, 1.165) is 40.8 Å². The first-order valence-electron chi connectivity index (χ1n) is 16.8. The molecule has 0 unspecified atom stereocenters. The average Bonchev–Trinajstić information content (AvgIpc) is 3.27. The van der Waals surface area contributed by atoms with Gasteiger partial charge in [-0.05, 0) is 61.1 Å². The van der Waals surface area contributed by atoms with Gasteiger partial charge in [-0.3, -0.25) is 4.79 Å². The Hall–Kier alpha value is -2.49. The van der Waals surface area contributed by atoms with Crippen LogP contribution < -0.4 is 20.7 Å². The highest BCUT2D eigenvalue weighted by molar-refractivity contribution is 6.76. The molecule has 0 spiro atoms. The lowest BCUT2D eigenvalue weighted by Gasteiger charge is -2.44. The second kappa shape index (κ2) is 13.8. The summed E-state index contributed by atoms with van der Waals surface area (Å²) in [4.78, 5) is 25.6. The standard InChI is InChI=1S/C34H53ClN6O4Si2/c1-33(2,3)47(7,8)45-16-13-27(24-9-11-25(35)12-10-24)39-32(42)34(36)14-15-41-26(19-34)21-44-28-20-40(23-43-17-18-46(4,5)6)30-29(28)31(41)38-22-37-30/h9-12,20,22,26-27H,13-19,21,23,36H2,1-8H3,(H,39,42)/t26-,27-,34-/m0/s1. The van der Waals surface area contributed by atoms with Crippen LogP contribution in [0.15, 0.2) is 36.8 Å². The summed E-state index contributed by atoms with van der Waals surface area (Å²) in [6.45, 7) is 20.8. The average molecular weight is 701 g/mol. The van der Waals surface area contributed by atoms with Crippen molar-refractivity contribution in [2.75, 3.05) is 31.3 Å². The predicted molar refractivity (Wildman–Crippen MR) is 195 cm³/mol. The lowest BCUT2D eigenvalue weighted by Crippen LogP contribution is -2.63. The fraction of sp³-hybridized carbons (Fsp3) is 0.618. The van der Waals surface area contributed by atoms with Gasteiger partial charge in [0, 0.05) is 32.9 Å². The van der Waals surface area contributed by atoms with E-state index in [2.05, 4.69) is 68.7 Å². The number of fused-ring (bicyclic) bond motifs is 2. The van der Waals surface area contributed by atoms with Crippen molar-refractivity contribution in [1.29, 1.82) is 0 Å². The zero-order valence-corrected chi connectivity index (χ0v) is 32.1. The van der Waals surface area contributed by atoms with Crippen LogP contribution in [-0.2, 0) is 20.7 Å². The molecule has 2 aliphatic heterocycles. The molecule has 1 aromatic carbocycles. The molecule has 4 heterocycles. The summed E-state index contributed by atoms with van der Waals surface area (Å²) in [5.41, 5.74) is 7.67. The highest BCUT2D eigenvalue weighted by Crippen LogP contribution is 2.41. The topological polar surface area (TPSA) is 117 Å². The van der Waals surface area contributed by atoms with Crippen molar-refractivity contribution in [2.45, 2.75) is 108 Å². The molecule has 47 heavy (non-hydrogen) atoms. The van der Waals surface area contributed by atoms with E-state index < -0.39 is 21.9 Å². The third-order valence-corrected chi connectivity index (χ3v) is 16.6. The molecule has 0 saturated carbocycles. The summed E-state index contributed by atoms with van der Waals surface area (Å²) >= 11 is 6.21. The maximum absolute atomic E-state index is 14.0. The molecular weight excluding hydrogens is 648 g/mol. The third-order valence-electron chi connectivity index (χ3n) is 10.1. The molecule has 2 aliphatic rings. The number of rotatable bonds is 12. The SMILES string of the molecule is CC(C)(C)[Si](C)(C)OCC[C@H](NC(=O)[C@]1(N)CCN2c3ncnc4c3c(cn4COCC[Si](C)(C)C)OC[C@@H]2C1)c1ccc(Cl)cc1. The minimum atomic E-state index is -1.95. The number of hydrogen-bond donors (Lipinski definition) is 2. The summed E-state index contributed by atoms with van der Waals surface area (Å²) < 4.78 is 20.9. The molecule has 2 aromatic heterocycles. The Balaban J connectivity index is 1.29. The van der Waals surface area contributed by atoms with E-state index in [-0.39, 0.29) is 23.0 Å². The minimum absolute atomic E-state index is 0.0985. The number of amides is 1. The summed E-state index contributed by atoms with van der Waals surface area (Å²) in [7, 11) is -3.13. The molecule has 1 fully saturated rings. The molecule has 3 atom stereocenters. The quantitative estimate of drug-likeness (QED) is 0.158. The van der Waals surface area contributed by atoms with E-state index in [4.69, 9.17) is 36.2 Å². The number of nitrogens with zero attached hydrogens (tertiary/aromatic N) is 4. The monoisotopic (exact) mass is 700 g/mol. The second-order valence-electron chi connectivity index (χ2n) is 16.0. The summed E-state index contributed by atoms with van der Waals surface area (Å²) in [6, 6.07) is 8.36. The number of aromatic nitrogens is 3. The molecule has 3 N–H and O–H groups in total. The third kappa shape index (κ3) is 8.22. The highest BCUT2D eigenvalue weighted by Gasteiger charge is 2.45. The molecule has 1 saturated heterocycles. The van der Waals surface area contributed by atoms with E-state index in [1.165, 1.54) is 0 Å². The molecule has 0 bridgehead atoms. The number of anilines is 1. The normalized spacial score (nSPS) is 20.8. The molecule has 1 amide bonds. The maximum Gasteiger partial charge on any atom is 0.240 e. The van der Waals surface area contributed by atoms with Gasteiger partial charge in [0.05, 0.1) is 23.8 Å². The van der Waals surface area contributed by atoms with Crippen molar-refractivity contribution in [3.05, 3.63) is 47.4 Å². The minimum Gasteiger partial charge on any atom is -0.489 e. The molecular formula is C34H53ClN6O4Si2. The van der Waals surface area contributed by atoms with Gasteiger partial charge in [0.2, 0.25) is 5.91 Å². The smallest absolute Gasteiger partial charge is 0.240 e. The summed E-state index contributed by atoms with van der Waals surface area (Å²) in [6.07, 6.45) is 5.10. The van der Waals surface area contributed by atoms with Crippen LogP contribution in [0.2, 0.25) is 48.8 Å². The van der Waals surface area contributed by atoms with E-state index in [1.54, 1.807) is 6.33 Å². The number of carbonyl (C=O) groups excluding carboxylic acids is 1. The molecule has 258 valence electrons. The molecule has 0 radical (unpaired) electrons. The summed E-state index contributed by atoms with van der Waals surface area (Å²) in [5, 5.41) is 4.93. The van der Waals surface area contributed by atoms with Crippen LogP contribution in [0.3, 0.4) is 0 Å². The van der Waals surface area contributed by atoms with E-state index in [1.807, 2.05) is 35.0 Å². The number of halogens is 1. The van der Waals surface area contributed by atoms with Crippen LogP contribution in [-0.4, -0.2) is 74.8 Å². The number of hydrogen-bond acceptors (Lipinski definition) is 8. The molecule has 5 rings (SSSR count). The Morgan fingerprint density at radius 3 is 2.57 bits per heavy atom. The number of nitrogens with two attached hydrogens (primary N) is 1. The van der Waals surface area contributed by atoms with Gasteiger partial charge in [-0.2, -0.15) is 0 Å². The van der Waals surface area contributed by atoms with Crippen LogP contribution >= 0.6 is 11.6 Å². The lowest BCUT2D eigenvalue weighted by molar-refractivity contribution is -0.128. The van der Waals surface area contributed by atoms with Gasteiger partial charge in [-0.15, -0.1) is 0 Å². The zero-order valence-electron chi connectivity index (χ0n) is 29.4. The largest absolute Gasteiger partial charge is 0.489 e. The highest BCUT2D eigenvalue weighted by atomic mass is 35.5. The Bertz CT molecular complexity index is 1550. The predicted octanol–water partition coefficient (Wildman–Crippen LogP) is 6.73. The second-order valence-corrected chi connectivity index (χ2v) is 26.8. The van der Waals surface area contributed by atoms with Gasteiger partial charge >= 0.3 is 0 Å². The first-order chi connectivity index (χ1) is 22.0. The Labute approximate surface area is 286 Å². The van der Waals surface area contributed by atoms with Gasteiger partial charge in [0.1, 0.15) is 36.6 Å². The zero-order chi connectivity index (χ0) is 34.2.